The van der Waals surface area contributed by atoms with Crippen molar-refractivity contribution in [3.63, 3.8) is 0 Å². The summed E-state index contributed by atoms with van der Waals surface area (Å²) >= 11 is 1.31. The molecule has 1 aliphatic heterocycles. The minimum atomic E-state index is -0.517. The molecule has 1 N–H and O–H groups in total. The van der Waals surface area contributed by atoms with Crippen LogP contribution in [0.25, 0.3) is 31.8 Å². The van der Waals surface area contributed by atoms with E-state index in [1.807, 2.05) is 12.1 Å². The predicted molar refractivity (Wildman–Crippen MR) is 111 cm³/mol. The van der Waals surface area contributed by atoms with Crippen molar-refractivity contribution in [2.75, 3.05) is 20.3 Å². The maximum Gasteiger partial charge on any atom is 0.232 e. The first-order valence-corrected chi connectivity index (χ1v) is 10.3. The van der Waals surface area contributed by atoms with Crippen molar-refractivity contribution in [2.24, 2.45) is 0 Å². The molecule has 0 unspecified atom stereocenters. The van der Waals surface area contributed by atoms with E-state index < -0.39 is 11.9 Å². The first kappa shape index (κ1) is 19.0. The molecule has 5 rings (SSSR count). The molecule has 0 saturated heterocycles. The lowest BCUT2D eigenvalue weighted by Crippen LogP contribution is -2.32. The number of benzene rings is 2. The number of thiazole rings is 1. The lowest BCUT2D eigenvalue weighted by Gasteiger charge is -2.25. The number of aliphatic hydroxyl groups is 1. The molecule has 0 bridgehead atoms. The monoisotopic (exact) mass is 427 g/mol. The predicted octanol–water partition coefficient (Wildman–Crippen LogP) is 3.75. The van der Waals surface area contributed by atoms with Crippen molar-refractivity contribution < 1.29 is 23.7 Å². The van der Waals surface area contributed by atoms with Gasteiger partial charge in [-0.15, -0.1) is 11.3 Å². The SMILES string of the molecule is CCc1cc(-c2nc3c(F)cc4c(c3s2)OC[C@H](CO)O4)c2ncc(OC)nc2c1. The van der Waals surface area contributed by atoms with Crippen LogP contribution in [0.15, 0.2) is 24.4 Å². The molecular weight excluding hydrogens is 409 g/mol. The molecule has 1 atom stereocenters. The maximum atomic E-state index is 14.8. The van der Waals surface area contributed by atoms with Crippen LogP contribution < -0.4 is 14.2 Å². The van der Waals surface area contributed by atoms with Gasteiger partial charge in [0, 0.05) is 11.6 Å². The van der Waals surface area contributed by atoms with Gasteiger partial charge in [0.1, 0.15) is 21.8 Å². The summed E-state index contributed by atoms with van der Waals surface area (Å²) in [6, 6.07) is 5.23. The molecule has 1 aliphatic rings. The largest absolute Gasteiger partial charge is 0.484 e. The number of ether oxygens (including phenoxy) is 3. The highest BCUT2D eigenvalue weighted by Gasteiger charge is 2.27. The zero-order chi connectivity index (χ0) is 20.8. The molecule has 0 amide bonds. The molecule has 0 spiro atoms. The number of aryl methyl sites for hydroxylation is 1. The van der Waals surface area contributed by atoms with Gasteiger partial charge in [-0.25, -0.2) is 19.3 Å². The van der Waals surface area contributed by atoms with E-state index >= 15 is 0 Å². The Morgan fingerprint density at radius 2 is 2.13 bits per heavy atom. The van der Waals surface area contributed by atoms with Gasteiger partial charge in [-0.3, -0.25) is 0 Å². The van der Waals surface area contributed by atoms with Crippen LogP contribution >= 0.6 is 11.3 Å². The summed E-state index contributed by atoms with van der Waals surface area (Å²) in [7, 11) is 1.54. The van der Waals surface area contributed by atoms with Crippen LogP contribution in [0.5, 0.6) is 17.4 Å². The lowest BCUT2D eigenvalue weighted by atomic mass is 10.1. The lowest BCUT2D eigenvalue weighted by molar-refractivity contribution is 0.0465. The van der Waals surface area contributed by atoms with Crippen molar-refractivity contribution in [1.29, 1.82) is 0 Å². The molecule has 0 aliphatic carbocycles. The molecule has 9 heteroatoms. The van der Waals surface area contributed by atoms with Crippen LogP contribution in [0.3, 0.4) is 0 Å². The van der Waals surface area contributed by atoms with Gasteiger partial charge in [0.2, 0.25) is 5.88 Å². The van der Waals surface area contributed by atoms with E-state index in [1.165, 1.54) is 17.4 Å². The average Bonchev–Trinajstić information content (AvgIpc) is 3.23. The number of fused-ring (bicyclic) bond motifs is 4. The topological polar surface area (TPSA) is 86.6 Å². The highest BCUT2D eigenvalue weighted by atomic mass is 32.1. The minimum Gasteiger partial charge on any atom is -0.484 e. The Balaban J connectivity index is 1.72. The fourth-order valence-electron chi connectivity index (χ4n) is 3.45. The number of halogens is 1. The van der Waals surface area contributed by atoms with E-state index in [0.717, 1.165) is 17.5 Å². The second-order valence-corrected chi connectivity index (χ2v) is 7.89. The first-order chi connectivity index (χ1) is 14.6. The van der Waals surface area contributed by atoms with Gasteiger partial charge in [0.05, 0.1) is 30.9 Å². The Labute approximate surface area is 175 Å². The van der Waals surface area contributed by atoms with Gasteiger partial charge < -0.3 is 19.3 Å². The van der Waals surface area contributed by atoms with Crippen LogP contribution in [0.2, 0.25) is 0 Å². The van der Waals surface area contributed by atoms with Crippen LogP contribution in [-0.4, -0.2) is 46.5 Å². The van der Waals surface area contributed by atoms with E-state index in [-0.39, 0.29) is 24.5 Å². The summed E-state index contributed by atoms with van der Waals surface area (Å²) in [4.78, 5) is 13.6. The number of nitrogens with zero attached hydrogens (tertiary/aromatic N) is 3. The minimum absolute atomic E-state index is 0.191. The van der Waals surface area contributed by atoms with Crippen molar-refractivity contribution in [3.05, 3.63) is 35.8 Å². The zero-order valence-electron chi connectivity index (χ0n) is 16.3. The summed E-state index contributed by atoms with van der Waals surface area (Å²) in [5, 5.41) is 9.92. The first-order valence-electron chi connectivity index (χ1n) is 9.48. The molecular formula is C21H18FN3O4S. The van der Waals surface area contributed by atoms with Crippen molar-refractivity contribution in [1.82, 2.24) is 15.0 Å². The van der Waals surface area contributed by atoms with Crippen LogP contribution in [0.1, 0.15) is 12.5 Å². The number of aliphatic hydroxyl groups excluding tert-OH is 1. The molecule has 0 saturated carbocycles. The Kier molecular flexibility index (Phi) is 4.63. The Hall–Kier alpha value is -3.04. The highest BCUT2D eigenvalue weighted by molar-refractivity contribution is 7.22. The number of rotatable bonds is 4. The fourth-order valence-corrected chi connectivity index (χ4v) is 4.54. The van der Waals surface area contributed by atoms with E-state index in [0.29, 0.717) is 32.4 Å². The average molecular weight is 427 g/mol. The molecule has 7 nitrogen and oxygen atoms in total. The van der Waals surface area contributed by atoms with E-state index in [4.69, 9.17) is 14.2 Å². The van der Waals surface area contributed by atoms with Gasteiger partial charge in [0.15, 0.2) is 23.4 Å². The maximum absolute atomic E-state index is 14.8. The number of hydrogen-bond acceptors (Lipinski definition) is 8. The molecule has 4 aromatic rings. The van der Waals surface area contributed by atoms with Gasteiger partial charge in [0.25, 0.3) is 0 Å². The smallest absolute Gasteiger partial charge is 0.232 e. The number of hydrogen-bond donors (Lipinski definition) is 1. The third-order valence-electron chi connectivity index (χ3n) is 4.98. The van der Waals surface area contributed by atoms with E-state index in [1.54, 1.807) is 13.3 Å². The van der Waals surface area contributed by atoms with Crippen LogP contribution in [0, 0.1) is 5.82 Å². The van der Waals surface area contributed by atoms with Crippen molar-refractivity contribution in [3.8, 4) is 28.0 Å². The van der Waals surface area contributed by atoms with Gasteiger partial charge in [-0.1, -0.05) is 6.92 Å². The number of aromatic nitrogens is 3. The molecule has 2 aromatic heterocycles. The van der Waals surface area contributed by atoms with Gasteiger partial charge in [-0.05, 0) is 24.1 Å². The quantitative estimate of drug-likeness (QED) is 0.531. The molecule has 0 fully saturated rings. The van der Waals surface area contributed by atoms with Crippen molar-refractivity contribution in [2.45, 2.75) is 19.4 Å². The van der Waals surface area contributed by atoms with Gasteiger partial charge >= 0.3 is 0 Å². The standard InChI is InChI=1S/C21H18FN3O4S/c1-3-10-4-12(17-14(5-10)24-16(27-2)7-23-17)21-25-18-13(22)6-15-19(20(18)30-21)28-9-11(8-26)29-15/h4-7,11,26H,3,8-9H2,1-2H3/t11-/m0/s1. The van der Waals surface area contributed by atoms with E-state index in [9.17, 15) is 9.50 Å². The Morgan fingerprint density at radius 3 is 2.90 bits per heavy atom. The highest BCUT2D eigenvalue weighted by Crippen LogP contribution is 2.45. The van der Waals surface area contributed by atoms with Crippen LogP contribution in [0.4, 0.5) is 4.39 Å². The third kappa shape index (κ3) is 3.01. The molecule has 154 valence electrons. The molecule has 3 heterocycles. The summed E-state index contributed by atoms with van der Waals surface area (Å²) in [5.74, 6) is 0.646. The summed E-state index contributed by atoms with van der Waals surface area (Å²) in [6.07, 6.45) is 1.84. The van der Waals surface area contributed by atoms with E-state index in [2.05, 4.69) is 21.9 Å². The molecule has 2 aromatic carbocycles. The summed E-state index contributed by atoms with van der Waals surface area (Å²) in [6.45, 7) is 2.04. The fraction of sp³-hybridized carbons (Fsp3) is 0.286. The van der Waals surface area contributed by atoms with Crippen LogP contribution in [-0.2, 0) is 6.42 Å². The Bertz CT molecular complexity index is 1270. The Morgan fingerprint density at radius 1 is 1.27 bits per heavy atom. The number of methoxy groups -OCH3 is 1. The van der Waals surface area contributed by atoms with Crippen molar-refractivity contribution >= 4 is 32.6 Å². The third-order valence-corrected chi connectivity index (χ3v) is 6.07. The normalized spacial score (nSPS) is 15.7. The summed E-state index contributed by atoms with van der Waals surface area (Å²) in [5.41, 5.74) is 3.41. The molecule has 0 radical (unpaired) electrons. The second kappa shape index (κ2) is 7.33. The van der Waals surface area contributed by atoms with Gasteiger partial charge in [-0.2, -0.15) is 0 Å². The molecule has 30 heavy (non-hydrogen) atoms. The zero-order valence-corrected chi connectivity index (χ0v) is 17.1. The second-order valence-electron chi connectivity index (χ2n) is 6.89. The summed E-state index contributed by atoms with van der Waals surface area (Å²) < 4.78 is 32.0.